The lowest BCUT2D eigenvalue weighted by Gasteiger charge is -2.18. The number of hydrogen-bond acceptors (Lipinski definition) is 6. The van der Waals surface area contributed by atoms with Crippen molar-refractivity contribution >= 4 is 17.9 Å². The van der Waals surface area contributed by atoms with Crippen molar-refractivity contribution in [3.63, 3.8) is 0 Å². The molecule has 1 unspecified atom stereocenters. The van der Waals surface area contributed by atoms with Crippen LogP contribution in [0.3, 0.4) is 0 Å². The second-order valence-electron chi connectivity index (χ2n) is 15.6. The second kappa shape index (κ2) is 39.6. The van der Waals surface area contributed by atoms with Crippen LogP contribution in [0.5, 0.6) is 0 Å². The zero-order chi connectivity index (χ0) is 37.5. The average molecular weight is 723 g/mol. The lowest BCUT2D eigenvalue weighted by Crippen LogP contribution is -2.30. The van der Waals surface area contributed by atoms with E-state index in [2.05, 4.69) is 27.7 Å². The standard InChI is InChI=1S/C45H86O6/c1-5-8-10-12-14-15-16-17-18-19-20-26-30-34-38-45(48)51-42(39-49-43(46)36-32-28-23-13-11-9-6-2)40-50-44(47)37-33-29-25-22-21-24-27-31-35-41(4)7-3/h41-42H,5-40H2,1-4H3/t41?,42-/m1/s1. The molecule has 302 valence electrons. The van der Waals surface area contributed by atoms with Crippen LogP contribution in [0.4, 0.5) is 0 Å². The minimum absolute atomic E-state index is 0.0648. The van der Waals surface area contributed by atoms with Crippen LogP contribution in [0.1, 0.15) is 246 Å². The molecule has 51 heavy (non-hydrogen) atoms. The second-order valence-corrected chi connectivity index (χ2v) is 15.6. The number of esters is 3. The van der Waals surface area contributed by atoms with Crippen LogP contribution in [-0.4, -0.2) is 37.2 Å². The van der Waals surface area contributed by atoms with Gasteiger partial charge in [0, 0.05) is 19.3 Å². The first-order chi connectivity index (χ1) is 24.9. The molecule has 0 fully saturated rings. The van der Waals surface area contributed by atoms with Crippen LogP contribution in [0.2, 0.25) is 0 Å². The van der Waals surface area contributed by atoms with E-state index in [1.165, 1.54) is 141 Å². The van der Waals surface area contributed by atoms with Gasteiger partial charge >= 0.3 is 17.9 Å². The minimum atomic E-state index is -0.758. The van der Waals surface area contributed by atoms with E-state index >= 15 is 0 Å². The molecular weight excluding hydrogens is 636 g/mol. The summed E-state index contributed by atoms with van der Waals surface area (Å²) in [5.74, 6) is -0.0144. The number of ether oxygens (including phenoxy) is 3. The molecule has 0 rings (SSSR count). The number of unbranched alkanes of at least 4 members (excludes halogenated alkanes) is 26. The largest absolute Gasteiger partial charge is 0.462 e. The molecular formula is C45H86O6. The molecule has 0 N–H and O–H groups in total. The predicted octanol–water partition coefficient (Wildman–Crippen LogP) is 13.9. The maximum atomic E-state index is 12.7. The smallest absolute Gasteiger partial charge is 0.306 e. The van der Waals surface area contributed by atoms with E-state index < -0.39 is 6.10 Å². The van der Waals surface area contributed by atoms with Crippen LogP contribution in [-0.2, 0) is 28.6 Å². The summed E-state index contributed by atoms with van der Waals surface area (Å²) in [6, 6.07) is 0. The number of carbonyl (C=O) groups is 3. The third-order valence-electron chi connectivity index (χ3n) is 10.4. The van der Waals surface area contributed by atoms with E-state index in [1.807, 2.05) is 0 Å². The fourth-order valence-electron chi connectivity index (χ4n) is 6.59. The summed E-state index contributed by atoms with van der Waals surface area (Å²) in [4.78, 5) is 37.5. The van der Waals surface area contributed by atoms with Crippen molar-refractivity contribution in [3.8, 4) is 0 Å². The van der Waals surface area contributed by atoms with Gasteiger partial charge < -0.3 is 14.2 Å². The first-order valence-electron chi connectivity index (χ1n) is 22.4. The SMILES string of the molecule is CCCCCCCCCCCCCCCCC(=O)O[C@H](COC(=O)CCCCCCCCC)COC(=O)CCCCCCCCCCC(C)CC. The molecule has 0 aliphatic heterocycles. The Bertz CT molecular complexity index is 768. The molecule has 0 aromatic rings. The summed E-state index contributed by atoms with van der Waals surface area (Å²) in [5, 5.41) is 0. The highest BCUT2D eigenvalue weighted by atomic mass is 16.6. The quantitative estimate of drug-likeness (QED) is 0.0356. The van der Waals surface area contributed by atoms with Crippen LogP contribution in [0.25, 0.3) is 0 Å². The summed E-state index contributed by atoms with van der Waals surface area (Å²) in [7, 11) is 0. The Morgan fingerprint density at radius 2 is 0.686 bits per heavy atom. The molecule has 0 spiro atoms. The first-order valence-corrected chi connectivity index (χ1v) is 22.4. The van der Waals surface area contributed by atoms with E-state index in [0.29, 0.717) is 19.3 Å². The summed E-state index contributed by atoms with van der Waals surface area (Å²) >= 11 is 0. The Morgan fingerprint density at radius 1 is 0.392 bits per heavy atom. The van der Waals surface area contributed by atoms with Gasteiger partial charge in [-0.05, 0) is 25.2 Å². The van der Waals surface area contributed by atoms with Crippen molar-refractivity contribution < 1.29 is 28.6 Å². The Hall–Kier alpha value is -1.59. The van der Waals surface area contributed by atoms with Crippen LogP contribution >= 0.6 is 0 Å². The fourth-order valence-corrected chi connectivity index (χ4v) is 6.59. The van der Waals surface area contributed by atoms with Crippen molar-refractivity contribution in [2.24, 2.45) is 5.92 Å². The Balaban J connectivity index is 4.29. The number of rotatable bonds is 40. The van der Waals surface area contributed by atoms with Gasteiger partial charge in [-0.1, -0.05) is 207 Å². The van der Waals surface area contributed by atoms with Crippen LogP contribution < -0.4 is 0 Å². The van der Waals surface area contributed by atoms with Gasteiger partial charge in [-0.15, -0.1) is 0 Å². The summed E-state index contributed by atoms with van der Waals surface area (Å²) < 4.78 is 16.7. The van der Waals surface area contributed by atoms with Gasteiger partial charge in [-0.2, -0.15) is 0 Å². The minimum Gasteiger partial charge on any atom is -0.462 e. The first kappa shape index (κ1) is 49.4. The van der Waals surface area contributed by atoms with Crippen LogP contribution in [0.15, 0.2) is 0 Å². The Labute approximate surface area is 317 Å². The highest BCUT2D eigenvalue weighted by Gasteiger charge is 2.19. The molecule has 0 aliphatic carbocycles. The molecule has 0 aromatic carbocycles. The molecule has 0 aromatic heterocycles. The van der Waals surface area contributed by atoms with Crippen molar-refractivity contribution in [2.75, 3.05) is 13.2 Å². The van der Waals surface area contributed by atoms with Gasteiger partial charge in [0.05, 0.1) is 0 Å². The van der Waals surface area contributed by atoms with Gasteiger partial charge in [0.1, 0.15) is 13.2 Å². The third kappa shape index (κ3) is 38.0. The maximum Gasteiger partial charge on any atom is 0.306 e. The van der Waals surface area contributed by atoms with Crippen molar-refractivity contribution in [1.82, 2.24) is 0 Å². The molecule has 0 saturated carbocycles. The van der Waals surface area contributed by atoms with E-state index in [4.69, 9.17) is 14.2 Å². The van der Waals surface area contributed by atoms with Crippen molar-refractivity contribution in [2.45, 2.75) is 252 Å². The van der Waals surface area contributed by atoms with Crippen LogP contribution in [0, 0.1) is 5.92 Å². The van der Waals surface area contributed by atoms with Crippen molar-refractivity contribution in [1.29, 1.82) is 0 Å². The molecule has 0 heterocycles. The average Bonchev–Trinajstić information content (AvgIpc) is 3.13. The highest BCUT2D eigenvalue weighted by Crippen LogP contribution is 2.17. The topological polar surface area (TPSA) is 78.9 Å². The zero-order valence-corrected chi connectivity index (χ0v) is 34.6. The predicted molar refractivity (Wildman–Crippen MR) is 215 cm³/mol. The molecule has 2 atom stereocenters. The van der Waals surface area contributed by atoms with E-state index in [1.54, 1.807) is 0 Å². The third-order valence-corrected chi connectivity index (χ3v) is 10.4. The van der Waals surface area contributed by atoms with Gasteiger partial charge in [0.2, 0.25) is 0 Å². The van der Waals surface area contributed by atoms with E-state index in [-0.39, 0.29) is 31.1 Å². The Morgan fingerprint density at radius 3 is 1.02 bits per heavy atom. The number of carbonyl (C=O) groups excluding carboxylic acids is 3. The lowest BCUT2D eigenvalue weighted by molar-refractivity contribution is -0.167. The normalized spacial score (nSPS) is 12.5. The zero-order valence-electron chi connectivity index (χ0n) is 34.6. The molecule has 0 saturated heterocycles. The molecule has 0 bridgehead atoms. The molecule has 6 heteroatoms. The summed E-state index contributed by atoms with van der Waals surface area (Å²) in [6.45, 7) is 8.96. The van der Waals surface area contributed by atoms with Crippen molar-refractivity contribution in [3.05, 3.63) is 0 Å². The number of hydrogen-bond donors (Lipinski definition) is 0. The molecule has 0 radical (unpaired) electrons. The van der Waals surface area contributed by atoms with Gasteiger partial charge in [-0.25, -0.2) is 0 Å². The monoisotopic (exact) mass is 723 g/mol. The van der Waals surface area contributed by atoms with Gasteiger partial charge in [0.25, 0.3) is 0 Å². The van der Waals surface area contributed by atoms with Gasteiger partial charge in [-0.3, -0.25) is 14.4 Å². The fraction of sp³-hybridized carbons (Fsp3) is 0.933. The highest BCUT2D eigenvalue weighted by molar-refractivity contribution is 5.71. The van der Waals surface area contributed by atoms with Gasteiger partial charge in [0.15, 0.2) is 6.10 Å². The van der Waals surface area contributed by atoms with E-state index in [9.17, 15) is 14.4 Å². The summed E-state index contributed by atoms with van der Waals surface area (Å²) in [5.41, 5.74) is 0. The summed E-state index contributed by atoms with van der Waals surface area (Å²) in [6.07, 6.45) is 38.0. The van der Waals surface area contributed by atoms with E-state index in [0.717, 1.165) is 63.7 Å². The molecule has 0 aliphatic rings. The lowest BCUT2D eigenvalue weighted by atomic mass is 9.99. The molecule has 0 amide bonds. The Kier molecular flexibility index (Phi) is 38.4. The maximum absolute atomic E-state index is 12.7. The molecule has 6 nitrogen and oxygen atoms in total.